The number of carbonyl (C=O) groups excluding carboxylic acids is 1. The van der Waals surface area contributed by atoms with Crippen molar-refractivity contribution >= 4 is 34.0 Å². The molecule has 1 heterocycles. The monoisotopic (exact) mass is 310 g/mol. The van der Waals surface area contributed by atoms with E-state index in [0.717, 1.165) is 42.9 Å². The molecule has 1 N–H and O–H groups in total. The van der Waals surface area contributed by atoms with E-state index in [1.165, 1.54) is 17.8 Å². The van der Waals surface area contributed by atoms with Crippen molar-refractivity contribution in [2.45, 2.75) is 50.3 Å². The summed E-state index contributed by atoms with van der Waals surface area (Å²) in [7, 11) is 0. The number of rotatable bonds is 2. The molecule has 0 radical (unpaired) electrons. The normalized spacial score (nSPS) is 41.9. The zero-order valence-corrected chi connectivity index (χ0v) is 13.2. The Morgan fingerprint density at radius 2 is 2.10 bits per heavy atom. The van der Waals surface area contributed by atoms with E-state index >= 15 is 0 Å². The molecule has 4 aliphatic rings. The molecule has 1 amide bonds. The molecule has 0 spiro atoms. The Kier molecular flexibility index (Phi) is 2.75. The fourth-order valence-corrected chi connectivity index (χ4v) is 6.43. The summed E-state index contributed by atoms with van der Waals surface area (Å²) in [6.07, 6.45) is 6.39. The van der Waals surface area contributed by atoms with Crippen molar-refractivity contribution < 1.29 is 4.79 Å². The highest BCUT2D eigenvalue weighted by Gasteiger charge is 2.60. The molecule has 4 aliphatic carbocycles. The summed E-state index contributed by atoms with van der Waals surface area (Å²) < 4.78 is 0. The van der Waals surface area contributed by atoms with Crippen molar-refractivity contribution in [3.05, 3.63) is 11.1 Å². The Bertz CT molecular complexity index is 556. The first-order valence-corrected chi connectivity index (χ1v) is 8.65. The minimum atomic E-state index is -0.231. The molecule has 0 saturated heterocycles. The van der Waals surface area contributed by atoms with Crippen molar-refractivity contribution in [3.8, 4) is 0 Å². The van der Waals surface area contributed by atoms with Gasteiger partial charge in [-0.05, 0) is 57.3 Å². The number of aromatic nitrogens is 1. The number of alkyl halides is 1. The minimum absolute atomic E-state index is 0.111. The van der Waals surface area contributed by atoms with Gasteiger partial charge in [0.05, 0.1) is 11.1 Å². The number of thiazole rings is 1. The van der Waals surface area contributed by atoms with Crippen LogP contribution in [-0.4, -0.2) is 15.8 Å². The highest BCUT2D eigenvalue weighted by Crippen LogP contribution is 2.64. The second-order valence-electron chi connectivity index (χ2n) is 7.14. The summed E-state index contributed by atoms with van der Waals surface area (Å²) in [4.78, 5) is 17.1. The molecule has 3 nitrogen and oxygen atoms in total. The van der Waals surface area contributed by atoms with Crippen LogP contribution in [0.15, 0.2) is 5.38 Å². The summed E-state index contributed by atoms with van der Waals surface area (Å²) in [5, 5.41) is 5.75. The van der Waals surface area contributed by atoms with E-state index in [9.17, 15) is 4.79 Å². The summed E-state index contributed by atoms with van der Waals surface area (Å²) >= 11 is 8.28. The first-order chi connectivity index (χ1) is 9.46. The fourth-order valence-electron chi connectivity index (χ4n) is 5.06. The van der Waals surface area contributed by atoms with Crippen LogP contribution in [0.3, 0.4) is 0 Å². The van der Waals surface area contributed by atoms with E-state index in [-0.39, 0.29) is 16.2 Å². The lowest BCUT2D eigenvalue weighted by Crippen LogP contribution is -2.57. The molecule has 1 aromatic rings. The number of carbonyl (C=O) groups is 1. The molecule has 0 aromatic carbocycles. The summed E-state index contributed by atoms with van der Waals surface area (Å²) in [5.41, 5.74) is 0.732. The smallest absolute Gasteiger partial charge is 0.232 e. The van der Waals surface area contributed by atoms with Gasteiger partial charge in [0.2, 0.25) is 5.91 Å². The van der Waals surface area contributed by atoms with Gasteiger partial charge in [-0.1, -0.05) is 0 Å². The maximum atomic E-state index is 12.8. The predicted molar refractivity (Wildman–Crippen MR) is 81.2 cm³/mol. The van der Waals surface area contributed by atoms with Crippen molar-refractivity contribution in [3.63, 3.8) is 0 Å². The van der Waals surface area contributed by atoms with Crippen LogP contribution < -0.4 is 5.32 Å². The van der Waals surface area contributed by atoms with Crippen LogP contribution in [0.2, 0.25) is 0 Å². The fraction of sp³-hybridized carbons (Fsp3) is 0.733. The zero-order chi connectivity index (χ0) is 14.0. The predicted octanol–water partition coefficient (Wildman–Crippen LogP) is 3.97. The van der Waals surface area contributed by atoms with E-state index < -0.39 is 0 Å². The van der Waals surface area contributed by atoms with Crippen LogP contribution in [0, 0.1) is 24.2 Å². The van der Waals surface area contributed by atoms with Gasteiger partial charge in [-0.25, -0.2) is 4.98 Å². The van der Waals surface area contributed by atoms with E-state index in [1.54, 1.807) is 0 Å². The molecule has 0 aliphatic heterocycles. The minimum Gasteiger partial charge on any atom is -0.301 e. The van der Waals surface area contributed by atoms with Crippen molar-refractivity contribution in [1.82, 2.24) is 4.98 Å². The van der Waals surface area contributed by atoms with E-state index in [2.05, 4.69) is 10.3 Å². The molecule has 5 heteroatoms. The number of nitrogens with one attached hydrogen (secondary N) is 1. The lowest BCUT2D eigenvalue weighted by molar-refractivity contribution is -0.138. The Balaban J connectivity index is 1.59. The average molecular weight is 311 g/mol. The maximum Gasteiger partial charge on any atom is 0.232 e. The molecule has 20 heavy (non-hydrogen) atoms. The second-order valence-corrected chi connectivity index (χ2v) is 8.80. The largest absolute Gasteiger partial charge is 0.301 e. The number of hydrogen-bond donors (Lipinski definition) is 1. The van der Waals surface area contributed by atoms with Crippen LogP contribution in [0.25, 0.3) is 0 Å². The van der Waals surface area contributed by atoms with E-state index in [1.807, 2.05) is 12.3 Å². The van der Waals surface area contributed by atoms with Gasteiger partial charge in [-0.15, -0.1) is 22.9 Å². The van der Waals surface area contributed by atoms with E-state index in [0.29, 0.717) is 11.8 Å². The third kappa shape index (κ3) is 2.00. The Morgan fingerprint density at radius 1 is 1.40 bits per heavy atom. The number of halogens is 1. The maximum absolute atomic E-state index is 12.8. The standard InChI is InChI=1S/C15H19ClN2OS/c1-9-7-20-13(17-9)18-12(19)14-3-10-2-11(4-14)6-15(16,5-10)8-14/h7,10-11H,2-6,8H2,1H3,(H,17,18,19)/t10-,11+,14?,15?. The lowest BCUT2D eigenvalue weighted by Gasteiger charge is -2.59. The van der Waals surface area contributed by atoms with E-state index in [4.69, 9.17) is 11.6 Å². The molecule has 4 fully saturated rings. The second kappa shape index (κ2) is 4.20. The molecule has 4 saturated carbocycles. The topological polar surface area (TPSA) is 42.0 Å². The van der Waals surface area contributed by atoms with Gasteiger partial charge in [0, 0.05) is 10.3 Å². The highest BCUT2D eigenvalue weighted by atomic mass is 35.5. The summed E-state index contributed by atoms with van der Waals surface area (Å²) in [6, 6.07) is 0. The molecule has 4 bridgehead atoms. The van der Waals surface area contributed by atoms with Gasteiger partial charge >= 0.3 is 0 Å². The van der Waals surface area contributed by atoms with Gasteiger partial charge in [0.1, 0.15) is 0 Å². The molecule has 108 valence electrons. The molecule has 4 atom stereocenters. The number of aryl methyl sites for hydroxylation is 1. The number of anilines is 1. The Labute approximate surface area is 128 Å². The summed E-state index contributed by atoms with van der Waals surface area (Å²) in [5.74, 6) is 1.46. The third-order valence-corrected chi connectivity index (χ3v) is 6.63. The number of nitrogens with zero attached hydrogens (tertiary/aromatic N) is 1. The lowest BCUT2D eigenvalue weighted by atomic mass is 9.49. The first-order valence-electron chi connectivity index (χ1n) is 7.39. The molecule has 2 unspecified atom stereocenters. The van der Waals surface area contributed by atoms with Crippen molar-refractivity contribution in [2.24, 2.45) is 17.3 Å². The van der Waals surface area contributed by atoms with Crippen LogP contribution >= 0.6 is 22.9 Å². The summed E-state index contributed by atoms with van der Waals surface area (Å²) in [6.45, 7) is 1.95. The van der Waals surface area contributed by atoms with Crippen LogP contribution in [0.5, 0.6) is 0 Å². The van der Waals surface area contributed by atoms with Gasteiger partial charge in [0.25, 0.3) is 0 Å². The highest BCUT2D eigenvalue weighted by molar-refractivity contribution is 7.13. The Hall–Kier alpha value is -0.610. The zero-order valence-electron chi connectivity index (χ0n) is 11.6. The number of hydrogen-bond acceptors (Lipinski definition) is 3. The molecule has 1 aromatic heterocycles. The molecular weight excluding hydrogens is 292 g/mol. The third-order valence-electron chi connectivity index (χ3n) is 5.31. The van der Waals surface area contributed by atoms with Crippen LogP contribution in [-0.2, 0) is 4.79 Å². The molecular formula is C15H19ClN2OS. The molecule has 5 rings (SSSR count). The SMILES string of the molecule is Cc1csc(NC(=O)C23C[C@@H]4C[C@@H](CC(Cl)(C4)C2)C3)n1. The van der Waals surface area contributed by atoms with Gasteiger partial charge in [-0.3, -0.25) is 4.79 Å². The van der Waals surface area contributed by atoms with Gasteiger partial charge in [0.15, 0.2) is 5.13 Å². The average Bonchev–Trinajstić information content (AvgIpc) is 2.71. The Morgan fingerprint density at radius 3 is 2.65 bits per heavy atom. The van der Waals surface area contributed by atoms with Crippen molar-refractivity contribution in [1.29, 1.82) is 0 Å². The van der Waals surface area contributed by atoms with Gasteiger partial charge in [-0.2, -0.15) is 0 Å². The van der Waals surface area contributed by atoms with Crippen LogP contribution in [0.1, 0.15) is 44.2 Å². The van der Waals surface area contributed by atoms with Gasteiger partial charge < -0.3 is 5.32 Å². The van der Waals surface area contributed by atoms with Crippen molar-refractivity contribution in [2.75, 3.05) is 5.32 Å². The quantitative estimate of drug-likeness (QED) is 0.840. The first kappa shape index (κ1) is 13.1. The van der Waals surface area contributed by atoms with Crippen LogP contribution in [0.4, 0.5) is 5.13 Å². The number of amides is 1.